The third kappa shape index (κ3) is 0.699. The van der Waals surface area contributed by atoms with Crippen LogP contribution in [0.4, 0.5) is 0 Å². The fourth-order valence-corrected chi connectivity index (χ4v) is 0.749. The van der Waals surface area contributed by atoms with E-state index in [4.69, 9.17) is 4.84 Å². The van der Waals surface area contributed by atoms with Gasteiger partial charge in [0.15, 0.2) is 5.75 Å². The molecule has 1 aliphatic heterocycles. The average Bonchev–Trinajstić information content (AvgIpc) is 2.05. The molecular formula is C6H5N3O. The second-order valence-corrected chi connectivity index (χ2v) is 1.84. The van der Waals surface area contributed by atoms with E-state index in [9.17, 15) is 0 Å². The van der Waals surface area contributed by atoms with Gasteiger partial charge in [-0.05, 0) is 12.1 Å². The molecule has 1 aromatic rings. The van der Waals surface area contributed by atoms with Gasteiger partial charge in [-0.2, -0.15) is 5.10 Å². The van der Waals surface area contributed by atoms with E-state index in [1.165, 1.54) is 0 Å². The van der Waals surface area contributed by atoms with Crippen LogP contribution in [0.2, 0.25) is 0 Å². The maximum absolute atomic E-state index is 4.91. The molecule has 0 amide bonds. The lowest BCUT2D eigenvalue weighted by molar-refractivity contribution is 0.196. The van der Waals surface area contributed by atoms with Gasteiger partial charge in [-0.25, -0.2) is 0 Å². The zero-order valence-electron chi connectivity index (χ0n) is 5.11. The number of nitrogens with one attached hydrogen (secondary N) is 1. The SMILES string of the molecule is C1=NNOc2cccnc21. The van der Waals surface area contributed by atoms with E-state index in [0.717, 1.165) is 5.69 Å². The van der Waals surface area contributed by atoms with Crippen molar-refractivity contribution < 1.29 is 4.84 Å². The number of hydrazone groups is 1. The van der Waals surface area contributed by atoms with E-state index in [1.807, 2.05) is 6.07 Å². The minimum absolute atomic E-state index is 0.706. The molecule has 4 heteroatoms. The standard InChI is InChI=1S/C6H5N3O/c1-2-6-5(7-3-1)4-8-9-10-6/h1-4,9H. The molecule has 0 saturated carbocycles. The first-order valence-corrected chi connectivity index (χ1v) is 2.87. The van der Waals surface area contributed by atoms with Crippen LogP contribution in [0.15, 0.2) is 23.4 Å². The van der Waals surface area contributed by atoms with Gasteiger partial charge in [0.1, 0.15) is 5.69 Å². The lowest BCUT2D eigenvalue weighted by Crippen LogP contribution is -2.17. The number of nitrogens with zero attached hydrogens (tertiary/aromatic N) is 2. The van der Waals surface area contributed by atoms with Gasteiger partial charge in [-0.3, -0.25) is 4.98 Å². The van der Waals surface area contributed by atoms with Crippen molar-refractivity contribution in [2.24, 2.45) is 5.10 Å². The number of pyridine rings is 1. The summed E-state index contributed by atoms with van der Waals surface area (Å²) >= 11 is 0. The van der Waals surface area contributed by atoms with Crippen LogP contribution in [-0.2, 0) is 0 Å². The number of fused-ring (bicyclic) bond motifs is 1. The summed E-state index contributed by atoms with van der Waals surface area (Å²) in [6.45, 7) is 0. The summed E-state index contributed by atoms with van der Waals surface area (Å²) in [4.78, 5) is 8.92. The van der Waals surface area contributed by atoms with Crippen LogP contribution < -0.4 is 10.4 Å². The van der Waals surface area contributed by atoms with Crippen LogP contribution in [0.1, 0.15) is 5.69 Å². The number of rotatable bonds is 0. The van der Waals surface area contributed by atoms with Gasteiger partial charge >= 0.3 is 0 Å². The summed E-state index contributed by atoms with van der Waals surface area (Å²) in [6, 6.07) is 3.63. The van der Waals surface area contributed by atoms with Gasteiger partial charge < -0.3 is 4.84 Å². The van der Waals surface area contributed by atoms with E-state index in [0.29, 0.717) is 5.75 Å². The molecule has 0 spiro atoms. The van der Waals surface area contributed by atoms with Crippen molar-refractivity contribution in [1.82, 2.24) is 10.6 Å². The zero-order chi connectivity index (χ0) is 6.81. The fraction of sp³-hybridized carbons (Fsp3) is 0. The lowest BCUT2D eigenvalue weighted by atomic mass is 10.3. The Bertz CT molecular complexity index is 271. The highest BCUT2D eigenvalue weighted by molar-refractivity contribution is 5.81. The minimum atomic E-state index is 0.706. The van der Waals surface area contributed by atoms with Crippen molar-refractivity contribution in [3.05, 3.63) is 24.0 Å². The molecule has 0 radical (unpaired) electrons. The largest absolute Gasteiger partial charge is 0.363 e. The van der Waals surface area contributed by atoms with Gasteiger partial charge in [0.2, 0.25) is 0 Å². The predicted molar refractivity (Wildman–Crippen MR) is 35.6 cm³/mol. The van der Waals surface area contributed by atoms with Crippen molar-refractivity contribution in [1.29, 1.82) is 0 Å². The first-order chi connectivity index (χ1) is 4.97. The quantitative estimate of drug-likeness (QED) is 0.557. The van der Waals surface area contributed by atoms with Gasteiger partial charge in [0, 0.05) is 6.20 Å². The van der Waals surface area contributed by atoms with Gasteiger partial charge in [0.05, 0.1) is 6.21 Å². The molecule has 50 valence electrons. The summed E-state index contributed by atoms with van der Waals surface area (Å²) in [5, 5.41) is 3.66. The molecule has 10 heavy (non-hydrogen) atoms. The highest BCUT2D eigenvalue weighted by atomic mass is 16.7. The summed E-state index contributed by atoms with van der Waals surface area (Å²) in [6.07, 6.45) is 3.30. The molecule has 0 saturated heterocycles. The van der Waals surface area contributed by atoms with E-state index in [2.05, 4.69) is 15.7 Å². The molecule has 2 rings (SSSR count). The lowest BCUT2D eigenvalue weighted by Gasteiger charge is -2.08. The van der Waals surface area contributed by atoms with Crippen molar-refractivity contribution in [3.63, 3.8) is 0 Å². The highest BCUT2D eigenvalue weighted by Crippen LogP contribution is 2.13. The summed E-state index contributed by atoms with van der Waals surface area (Å²) in [5.74, 6) is 0.706. The van der Waals surface area contributed by atoms with Crippen molar-refractivity contribution in [3.8, 4) is 5.75 Å². The van der Waals surface area contributed by atoms with E-state index in [-0.39, 0.29) is 0 Å². The predicted octanol–water partition coefficient (Wildman–Crippen LogP) is 0.312. The van der Waals surface area contributed by atoms with Crippen molar-refractivity contribution in [2.75, 3.05) is 0 Å². The Morgan fingerprint density at radius 3 is 3.40 bits per heavy atom. The van der Waals surface area contributed by atoms with Gasteiger partial charge in [0.25, 0.3) is 0 Å². The van der Waals surface area contributed by atoms with E-state index in [1.54, 1.807) is 18.5 Å². The Labute approximate surface area is 57.5 Å². The fourth-order valence-electron chi connectivity index (χ4n) is 0.749. The van der Waals surface area contributed by atoms with Crippen LogP contribution >= 0.6 is 0 Å². The molecule has 1 aromatic heterocycles. The molecule has 0 atom stereocenters. The number of hydrogen-bond acceptors (Lipinski definition) is 4. The molecule has 1 N–H and O–H groups in total. The normalized spacial score (nSPS) is 13.2. The highest BCUT2D eigenvalue weighted by Gasteiger charge is 2.04. The number of aromatic nitrogens is 1. The van der Waals surface area contributed by atoms with Crippen LogP contribution in [-0.4, -0.2) is 11.2 Å². The maximum Gasteiger partial charge on any atom is 0.184 e. The van der Waals surface area contributed by atoms with Gasteiger partial charge in [-0.15, -0.1) is 5.59 Å². The summed E-state index contributed by atoms with van der Waals surface area (Å²) in [5.41, 5.74) is 3.12. The Morgan fingerprint density at radius 2 is 2.50 bits per heavy atom. The van der Waals surface area contributed by atoms with Crippen LogP contribution in [0.3, 0.4) is 0 Å². The first-order valence-electron chi connectivity index (χ1n) is 2.87. The molecule has 1 aliphatic rings. The second-order valence-electron chi connectivity index (χ2n) is 1.84. The van der Waals surface area contributed by atoms with E-state index < -0.39 is 0 Å². The van der Waals surface area contributed by atoms with Crippen LogP contribution in [0.5, 0.6) is 5.75 Å². The second kappa shape index (κ2) is 1.98. The smallest absolute Gasteiger partial charge is 0.184 e. The molecule has 2 heterocycles. The van der Waals surface area contributed by atoms with Crippen LogP contribution in [0.25, 0.3) is 0 Å². The van der Waals surface area contributed by atoms with Crippen LogP contribution in [0, 0.1) is 0 Å². The van der Waals surface area contributed by atoms with Crippen molar-refractivity contribution in [2.45, 2.75) is 0 Å². The Morgan fingerprint density at radius 1 is 1.50 bits per heavy atom. The molecule has 0 fully saturated rings. The minimum Gasteiger partial charge on any atom is -0.363 e. The summed E-state index contributed by atoms with van der Waals surface area (Å²) < 4.78 is 0. The molecule has 4 nitrogen and oxygen atoms in total. The maximum atomic E-state index is 4.91. The molecule has 0 unspecified atom stereocenters. The zero-order valence-corrected chi connectivity index (χ0v) is 5.11. The Kier molecular flexibility index (Phi) is 1.04. The van der Waals surface area contributed by atoms with E-state index >= 15 is 0 Å². The monoisotopic (exact) mass is 135 g/mol. The Balaban J connectivity index is 2.54. The Hall–Kier alpha value is -1.58. The number of hydrogen-bond donors (Lipinski definition) is 1. The summed E-state index contributed by atoms with van der Waals surface area (Å²) in [7, 11) is 0. The van der Waals surface area contributed by atoms with Gasteiger partial charge in [-0.1, -0.05) is 0 Å². The molecule has 0 bridgehead atoms. The molecular weight excluding hydrogens is 130 g/mol. The molecule has 0 aliphatic carbocycles. The molecule has 0 aromatic carbocycles. The third-order valence-corrected chi connectivity index (χ3v) is 1.19. The third-order valence-electron chi connectivity index (χ3n) is 1.19. The first kappa shape index (κ1) is 5.22. The topological polar surface area (TPSA) is 46.5 Å². The average molecular weight is 135 g/mol. The van der Waals surface area contributed by atoms with Crippen molar-refractivity contribution >= 4 is 6.21 Å².